The summed E-state index contributed by atoms with van der Waals surface area (Å²) in [6, 6.07) is 12.2. The van der Waals surface area contributed by atoms with Gasteiger partial charge in [0.15, 0.2) is 0 Å². The van der Waals surface area contributed by atoms with Crippen molar-refractivity contribution in [1.82, 2.24) is 5.32 Å². The first kappa shape index (κ1) is 14.7. The summed E-state index contributed by atoms with van der Waals surface area (Å²) < 4.78 is 0. The summed E-state index contributed by atoms with van der Waals surface area (Å²) in [6.07, 6.45) is 0. The zero-order valence-corrected chi connectivity index (χ0v) is 12.4. The van der Waals surface area contributed by atoms with E-state index in [0.29, 0.717) is 16.3 Å². The van der Waals surface area contributed by atoms with Crippen LogP contribution in [0.3, 0.4) is 0 Å². The van der Waals surface area contributed by atoms with E-state index in [9.17, 15) is 4.79 Å². The number of rotatable bonds is 3. The third-order valence-electron chi connectivity index (χ3n) is 2.98. The average Bonchev–Trinajstić information content (AvgIpc) is 2.42. The zero-order chi connectivity index (χ0) is 14.7. The number of anilines is 1. The van der Waals surface area contributed by atoms with Crippen molar-refractivity contribution in [2.45, 2.75) is 13.0 Å². The number of halogens is 2. The Bertz CT molecular complexity index is 626. The van der Waals surface area contributed by atoms with Crippen LogP contribution in [0, 0.1) is 0 Å². The molecule has 0 saturated carbocycles. The molecule has 2 aromatic carbocycles. The minimum Gasteiger partial charge on any atom is -0.399 e. The van der Waals surface area contributed by atoms with Crippen LogP contribution >= 0.6 is 23.2 Å². The lowest BCUT2D eigenvalue weighted by Gasteiger charge is -2.15. The Balaban J connectivity index is 2.15. The van der Waals surface area contributed by atoms with Crippen LogP contribution in [0.5, 0.6) is 0 Å². The first-order valence-electron chi connectivity index (χ1n) is 6.09. The number of hydrogen-bond donors (Lipinski definition) is 2. The van der Waals surface area contributed by atoms with Crippen LogP contribution in [0.2, 0.25) is 10.0 Å². The molecule has 3 N–H and O–H groups in total. The van der Waals surface area contributed by atoms with E-state index in [4.69, 9.17) is 28.9 Å². The first-order valence-corrected chi connectivity index (χ1v) is 6.85. The van der Waals surface area contributed by atoms with E-state index >= 15 is 0 Å². The van der Waals surface area contributed by atoms with Gasteiger partial charge in [0.05, 0.1) is 21.7 Å². The minimum atomic E-state index is -0.262. The van der Waals surface area contributed by atoms with Gasteiger partial charge in [0.1, 0.15) is 0 Å². The summed E-state index contributed by atoms with van der Waals surface area (Å²) in [5.74, 6) is -0.262. The molecule has 0 aliphatic heterocycles. The molecule has 1 amide bonds. The van der Waals surface area contributed by atoms with Gasteiger partial charge in [-0.15, -0.1) is 0 Å². The summed E-state index contributed by atoms with van der Waals surface area (Å²) in [5.41, 5.74) is 7.65. The molecule has 5 heteroatoms. The van der Waals surface area contributed by atoms with Gasteiger partial charge in [0.25, 0.3) is 5.91 Å². The molecule has 2 aromatic rings. The third-order valence-corrected chi connectivity index (χ3v) is 3.80. The van der Waals surface area contributed by atoms with Gasteiger partial charge in [-0.2, -0.15) is 0 Å². The molecule has 0 radical (unpaired) electrons. The Kier molecular flexibility index (Phi) is 4.53. The molecule has 0 bridgehead atoms. The summed E-state index contributed by atoms with van der Waals surface area (Å²) in [5, 5.41) is 3.50. The Hall–Kier alpha value is -1.71. The van der Waals surface area contributed by atoms with Crippen molar-refractivity contribution >= 4 is 34.8 Å². The SMILES string of the molecule is CC(NC(=O)c1cccc(Cl)c1Cl)c1ccc(N)cc1. The topological polar surface area (TPSA) is 55.1 Å². The number of amides is 1. The molecular formula is C15H14Cl2N2O. The summed E-state index contributed by atoms with van der Waals surface area (Å²) in [6.45, 7) is 1.89. The number of hydrogen-bond acceptors (Lipinski definition) is 2. The molecule has 0 aliphatic rings. The molecule has 1 unspecified atom stereocenters. The van der Waals surface area contributed by atoms with E-state index in [-0.39, 0.29) is 17.0 Å². The molecule has 0 heterocycles. The van der Waals surface area contributed by atoms with Crippen LogP contribution in [-0.2, 0) is 0 Å². The highest BCUT2D eigenvalue weighted by atomic mass is 35.5. The molecule has 104 valence electrons. The van der Waals surface area contributed by atoms with E-state index in [0.717, 1.165) is 5.56 Å². The number of carbonyl (C=O) groups is 1. The second kappa shape index (κ2) is 6.16. The third kappa shape index (κ3) is 3.24. The minimum absolute atomic E-state index is 0.154. The molecule has 2 rings (SSSR count). The smallest absolute Gasteiger partial charge is 0.253 e. The zero-order valence-electron chi connectivity index (χ0n) is 10.9. The maximum Gasteiger partial charge on any atom is 0.253 e. The predicted molar refractivity (Wildman–Crippen MR) is 83.2 cm³/mol. The van der Waals surface area contributed by atoms with Crippen LogP contribution in [0.4, 0.5) is 5.69 Å². The van der Waals surface area contributed by atoms with Crippen molar-refractivity contribution in [2.24, 2.45) is 0 Å². The van der Waals surface area contributed by atoms with Crippen LogP contribution in [0.25, 0.3) is 0 Å². The highest BCUT2D eigenvalue weighted by Crippen LogP contribution is 2.26. The van der Waals surface area contributed by atoms with Crippen molar-refractivity contribution in [1.29, 1.82) is 0 Å². The second-order valence-electron chi connectivity index (χ2n) is 4.46. The predicted octanol–water partition coefficient (Wildman–Crippen LogP) is 4.07. The maximum atomic E-state index is 12.2. The number of nitrogens with two attached hydrogens (primary N) is 1. The fourth-order valence-corrected chi connectivity index (χ4v) is 2.21. The second-order valence-corrected chi connectivity index (χ2v) is 5.25. The van der Waals surface area contributed by atoms with Crippen molar-refractivity contribution in [3.05, 3.63) is 63.6 Å². The van der Waals surface area contributed by atoms with Gasteiger partial charge in [-0.25, -0.2) is 0 Å². The Morgan fingerprint density at radius 2 is 1.80 bits per heavy atom. The van der Waals surface area contributed by atoms with E-state index in [1.54, 1.807) is 30.3 Å². The summed E-state index contributed by atoms with van der Waals surface area (Å²) in [7, 11) is 0. The Labute approximate surface area is 127 Å². The van der Waals surface area contributed by atoms with Gasteiger partial charge in [-0.05, 0) is 36.8 Å². The van der Waals surface area contributed by atoms with Crippen molar-refractivity contribution in [2.75, 3.05) is 5.73 Å². The van der Waals surface area contributed by atoms with Crippen LogP contribution < -0.4 is 11.1 Å². The van der Waals surface area contributed by atoms with Gasteiger partial charge in [-0.3, -0.25) is 4.79 Å². The first-order chi connectivity index (χ1) is 9.49. The van der Waals surface area contributed by atoms with Gasteiger partial charge >= 0.3 is 0 Å². The van der Waals surface area contributed by atoms with Crippen molar-refractivity contribution in [3.8, 4) is 0 Å². The average molecular weight is 309 g/mol. The Morgan fingerprint density at radius 3 is 2.45 bits per heavy atom. The van der Waals surface area contributed by atoms with E-state index in [1.165, 1.54) is 0 Å². The number of carbonyl (C=O) groups excluding carboxylic acids is 1. The lowest BCUT2D eigenvalue weighted by molar-refractivity contribution is 0.0940. The highest BCUT2D eigenvalue weighted by Gasteiger charge is 2.15. The Morgan fingerprint density at radius 1 is 1.15 bits per heavy atom. The van der Waals surface area contributed by atoms with Crippen LogP contribution in [-0.4, -0.2) is 5.91 Å². The molecule has 0 fully saturated rings. The summed E-state index contributed by atoms with van der Waals surface area (Å²) >= 11 is 11.9. The molecule has 0 spiro atoms. The molecule has 3 nitrogen and oxygen atoms in total. The van der Waals surface area contributed by atoms with Crippen LogP contribution in [0.15, 0.2) is 42.5 Å². The number of nitrogens with one attached hydrogen (secondary N) is 1. The fourth-order valence-electron chi connectivity index (χ4n) is 1.82. The highest BCUT2D eigenvalue weighted by molar-refractivity contribution is 6.43. The van der Waals surface area contributed by atoms with E-state index < -0.39 is 0 Å². The van der Waals surface area contributed by atoms with Gasteiger partial charge in [-0.1, -0.05) is 41.4 Å². The largest absolute Gasteiger partial charge is 0.399 e. The van der Waals surface area contributed by atoms with Gasteiger partial charge < -0.3 is 11.1 Å². The quantitative estimate of drug-likeness (QED) is 0.840. The monoisotopic (exact) mass is 308 g/mol. The van der Waals surface area contributed by atoms with Gasteiger partial charge in [0.2, 0.25) is 0 Å². The molecule has 0 saturated heterocycles. The fraction of sp³-hybridized carbons (Fsp3) is 0.133. The molecule has 20 heavy (non-hydrogen) atoms. The number of nitrogen functional groups attached to an aromatic ring is 1. The standard InChI is InChI=1S/C15H14Cl2N2O/c1-9(10-5-7-11(18)8-6-10)19-15(20)12-3-2-4-13(16)14(12)17/h2-9H,18H2,1H3,(H,19,20). The lowest BCUT2D eigenvalue weighted by Crippen LogP contribution is -2.26. The van der Waals surface area contributed by atoms with Crippen molar-refractivity contribution < 1.29 is 4.79 Å². The van der Waals surface area contributed by atoms with Crippen molar-refractivity contribution in [3.63, 3.8) is 0 Å². The maximum absolute atomic E-state index is 12.2. The molecule has 0 aliphatic carbocycles. The molecular weight excluding hydrogens is 295 g/mol. The normalized spacial score (nSPS) is 11.9. The van der Waals surface area contributed by atoms with E-state index in [1.807, 2.05) is 19.1 Å². The van der Waals surface area contributed by atoms with Gasteiger partial charge in [0, 0.05) is 5.69 Å². The number of benzene rings is 2. The van der Waals surface area contributed by atoms with Crippen LogP contribution in [0.1, 0.15) is 28.9 Å². The van der Waals surface area contributed by atoms with E-state index in [2.05, 4.69) is 5.32 Å². The molecule has 1 atom stereocenters. The lowest BCUT2D eigenvalue weighted by atomic mass is 10.1. The molecule has 0 aromatic heterocycles. The summed E-state index contributed by atoms with van der Waals surface area (Å²) in [4.78, 5) is 12.2.